The number of carbonyl (C=O) groups is 2. The second kappa shape index (κ2) is 20.9. The summed E-state index contributed by atoms with van der Waals surface area (Å²) in [5.74, 6) is 5.63. The number of hydrogen-bond donors (Lipinski definition) is 3. The van der Waals surface area contributed by atoms with Crippen LogP contribution in [0.2, 0.25) is 0 Å². The second-order valence-electron chi connectivity index (χ2n) is 10.1. The van der Waals surface area contributed by atoms with Crippen LogP contribution in [0.1, 0.15) is 78.9 Å². The average molecular weight is 626 g/mol. The maximum Gasteiger partial charge on any atom is 0.573 e. The number of rotatable bonds is 12. The molecule has 3 amide bonds. The minimum absolute atomic E-state index is 0.0886. The minimum atomic E-state index is -4.80. The molecule has 0 fully saturated rings. The average Bonchev–Trinajstić information content (AvgIpc) is 2.97. The molecule has 248 valence electrons. The minimum Gasteiger partial charge on any atom is -0.444 e. The molecule has 0 saturated carbocycles. The molecule has 0 heterocycles. The lowest BCUT2D eigenvalue weighted by Crippen LogP contribution is -2.45. The molecule has 2 rings (SSSR count). The lowest BCUT2D eigenvalue weighted by molar-refractivity contribution is -0.274. The van der Waals surface area contributed by atoms with Gasteiger partial charge in [0.1, 0.15) is 11.4 Å². The van der Waals surface area contributed by atoms with E-state index in [1.807, 2.05) is 58.0 Å². The Hall–Kier alpha value is -3.93. The van der Waals surface area contributed by atoms with Crippen LogP contribution >= 0.6 is 0 Å². The maximum atomic E-state index is 13.2. The highest BCUT2D eigenvalue weighted by atomic mass is 19.4. The van der Waals surface area contributed by atoms with Crippen molar-refractivity contribution >= 4 is 17.8 Å². The number of unbranched alkanes of at least 4 members (excludes halogenated alkanes) is 2. The zero-order chi connectivity index (χ0) is 33.8. The Morgan fingerprint density at radius 2 is 1.48 bits per heavy atom. The first-order valence-electron chi connectivity index (χ1n) is 14.9. The van der Waals surface area contributed by atoms with Crippen LogP contribution in [-0.2, 0) is 11.2 Å². The standard InChI is InChI=1S/C28H38F3N5O4.2C2H6/c1-27(2,3)40-25(37)34-17-8-5-9-18-35(19-16-21-10-6-4-7-11-21)26(38)36(33)20-24(32)22-12-14-23(15-13-22)39-28(29,30)31;2*1-2/h4,6-7,10-15,20H,5,8-9,16-19,32-33H2,1-3H3,(H,34,37);2*1-2H3/b24-20-;;. The summed E-state index contributed by atoms with van der Waals surface area (Å²) in [6.07, 6.45) is -1.32. The highest BCUT2D eigenvalue weighted by molar-refractivity contribution is 5.77. The molecule has 0 aromatic heterocycles. The van der Waals surface area contributed by atoms with Crippen molar-refractivity contribution in [3.05, 3.63) is 71.9 Å². The summed E-state index contributed by atoms with van der Waals surface area (Å²) < 4.78 is 46.3. The number of nitrogens with zero attached hydrogens (tertiary/aromatic N) is 2. The van der Waals surface area contributed by atoms with Gasteiger partial charge in [-0.15, -0.1) is 13.2 Å². The number of hydrogen-bond acceptors (Lipinski definition) is 6. The number of ether oxygens (including phenoxy) is 2. The molecule has 2 aromatic rings. The Morgan fingerprint density at radius 3 is 2.02 bits per heavy atom. The summed E-state index contributed by atoms with van der Waals surface area (Å²) >= 11 is 0. The van der Waals surface area contributed by atoms with Gasteiger partial charge < -0.3 is 25.4 Å². The van der Waals surface area contributed by atoms with Gasteiger partial charge in [-0.05, 0) is 81.8 Å². The first-order chi connectivity index (χ1) is 20.7. The van der Waals surface area contributed by atoms with E-state index in [2.05, 4.69) is 10.1 Å². The lowest BCUT2D eigenvalue weighted by atomic mass is 10.1. The number of alkyl carbamates (subject to hydrolysis) is 1. The Morgan fingerprint density at radius 1 is 0.886 bits per heavy atom. The molecular weight excluding hydrogens is 575 g/mol. The maximum absolute atomic E-state index is 13.2. The quantitative estimate of drug-likeness (QED) is 0.0976. The van der Waals surface area contributed by atoms with E-state index in [1.165, 1.54) is 18.3 Å². The van der Waals surface area contributed by atoms with Crippen LogP contribution in [0.25, 0.3) is 5.70 Å². The zero-order valence-electron chi connectivity index (χ0n) is 27.0. The number of halogens is 3. The van der Waals surface area contributed by atoms with Crippen molar-refractivity contribution in [2.24, 2.45) is 11.6 Å². The Bertz CT molecular complexity index is 1110. The molecule has 0 spiro atoms. The fourth-order valence-electron chi connectivity index (χ4n) is 3.61. The molecule has 0 atom stereocenters. The Balaban J connectivity index is 0.00000443. The van der Waals surface area contributed by atoms with Crippen LogP contribution in [0, 0.1) is 0 Å². The Kier molecular flexibility index (Phi) is 19.0. The number of alkyl halides is 3. The van der Waals surface area contributed by atoms with E-state index >= 15 is 0 Å². The molecule has 0 aliphatic rings. The van der Waals surface area contributed by atoms with E-state index in [4.69, 9.17) is 16.3 Å². The van der Waals surface area contributed by atoms with Crippen molar-refractivity contribution in [3.63, 3.8) is 0 Å². The zero-order valence-corrected chi connectivity index (χ0v) is 27.0. The predicted octanol–water partition coefficient (Wildman–Crippen LogP) is 7.43. The highest BCUT2D eigenvalue weighted by Crippen LogP contribution is 2.24. The Labute approximate surface area is 260 Å². The fraction of sp³-hybridized carbons (Fsp3) is 0.500. The number of nitrogens with one attached hydrogen (secondary N) is 1. The number of hydrazine groups is 1. The summed E-state index contributed by atoms with van der Waals surface area (Å²) in [4.78, 5) is 26.6. The molecule has 44 heavy (non-hydrogen) atoms. The van der Waals surface area contributed by atoms with Gasteiger partial charge in [0, 0.05) is 25.8 Å². The summed E-state index contributed by atoms with van der Waals surface area (Å²) in [6.45, 7) is 14.6. The van der Waals surface area contributed by atoms with Gasteiger partial charge in [-0.25, -0.2) is 20.4 Å². The van der Waals surface area contributed by atoms with Crippen molar-refractivity contribution in [1.29, 1.82) is 0 Å². The number of carbonyl (C=O) groups excluding carboxylic acids is 2. The molecule has 0 saturated heterocycles. The smallest absolute Gasteiger partial charge is 0.444 e. The largest absolute Gasteiger partial charge is 0.573 e. The third-order valence-corrected chi connectivity index (χ3v) is 5.48. The third-order valence-electron chi connectivity index (χ3n) is 5.48. The van der Waals surface area contributed by atoms with E-state index in [1.54, 1.807) is 25.7 Å². The molecule has 0 unspecified atom stereocenters. The van der Waals surface area contributed by atoms with Gasteiger partial charge in [-0.3, -0.25) is 0 Å². The normalized spacial score (nSPS) is 11.2. The summed E-state index contributed by atoms with van der Waals surface area (Å²) in [5.41, 5.74) is 7.00. The van der Waals surface area contributed by atoms with Gasteiger partial charge in [0.15, 0.2) is 0 Å². The van der Waals surface area contributed by atoms with E-state index < -0.39 is 29.8 Å². The number of amides is 3. The highest BCUT2D eigenvalue weighted by Gasteiger charge is 2.31. The van der Waals surface area contributed by atoms with E-state index in [9.17, 15) is 22.8 Å². The summed E-state index contributed by atoms with van der Waals surface area (Å²) in [6, 6.07) is 14.1. The topological polar surface area (TPSA) is 123 Å². The van der Waals surface area contributed by atoms with Gasteiger partial charge in [-0.2, -0.15) is 0 Å². The lowest BCUT2D eigenvalue weighted by Gasteiger charge is -2.26. The summed E-state index contributed by atoms with van der Waals surface area (Å²) in [5, 5.41) is 3.58. The van der Waals surface area contributed by atoms with Crippen molar-refractivity contribution < 1.29 is 32.2 Å². The van der Waals surface area contributed by atoms with Crippen LogP contribution in [0.4, 0.5) is 22.8 Å². The van der Waals surface area contributed by atoms with Crippen molar-refractivity contribution in [2.45, 2.75) is 86.1 Å². The van der Waals surface area contributed by atoms with Gasteiger partial charge >= 0.3 is 18.5 Å². The predicted molar refractivity (Wildman–Crippen MR) is 169 cm³/mol. The van der Waals surface area contributed by atoms with Gasteiger partial charge in [-0.1, -0.05) is 58.0 Å². The van der Waals surface area contributed by atoms with Crippen LogP contribution < -0.4 is 21.6 Å². The van der Waals surface area contributed by atoms with Crippen LogP contribution in [0.5, 0.6) is 5.75 Å². The molecule has 0 aliphatic carbocycles. The molecule has 0 bridgehead atoms. The van der Waals surface area contributed by atoms with Crippen LogP contribution in [0.15, 0.2) is 60.8 Å². The van der Waals surface area contributed by atoms with Crippen LogP contribution in [-0.4, -0.2) is 53.6 Å². The van der Waals surface area contributed by atoms with E-state index in [-0.39, 0.29) is 5.70 Å². The third kappa shape index (κ3) is 17.9. The van der Waals surface area contributed by atoms with E-state index in [0.717, 1.165) is 29.1 Å². The number of urea groups is 1. The molecule has 5 N–H and O–H groups in total. The fourth-order valence-corrected chi connectivity index (χ4v) is 3.61. The van der Waals surface area contributed by atoms with Gasteiger partial charge in [0.2, 0.25) is 0 Å². The molecular formula is C32H50F3N5O4. The first-order valence-corrected chi connectivity index (χ1v) is 14.9. The van der Waals surface area contributed by atoms with Crippen molar-refractivity contribution in [1.82, 2.24) is 15.2 Å². The van der Waals surface area contributed by atoms with E-state index in [0.29, 0.717) is 44.5 Å². The van der Waals surface area contributed by atoms with Gasteiger partial charge in [0.05, 0.1) is 5.70 Å². The molecule has 0 aliphatic heterocycles. The monoisotopic (exact) mass is 625 g/mol. The SMILES string of the molecule is CC.CC.CC(C)(C)OC(=O)NCCCCCN(CCc1ccccc1)C(=O)N(N)/C=C(\N)c1ccc(OC(F)(F)F)cc1. The number of benzene rings is 2. The first kappa shape index (κ1) is 40.1. The van der Waals surface area contributed by atoms with Crippen molar-refractivity contribution in [3.8, 4) is 5.75 Å². The molecule has 9 nitrogen and oxygen atoms in total. The van der Waals surface area contributed by atoms with Crippen LogP contribution in [0.3, 0.4) is 0 Å². The second-order valence-corrected chi connectivity index (χ2v) is 10.1. The van der Waals surface area contributed by atoms with Gasteiger partial charge in [0.25, 0.3) is 0 Å². The molecule has 2 aromatic carbocycles. The molecule has 0 radical (unpaired) electrons. The summed E-state index contributed by atoms with van der Waals surface area (Å²) in [7, 11) is 0. The number of nitrogens with two attached hydrogens (primary N) is 2. The van der Waals surface area contributed by atoms with Crippen molar-refractivity contribution in [2.75, 3.05) is 19.6 Å². The molecule has 12 heteroatoms.